The van der Waals surface area contributed by atoms with Gasteiger partial charge in [-0.1, -0.05) is 0 Å². The second-order valence-electron chi connectivity index (χ2n) is 4.07. The Balaban J connectivity index is 2.41. The normalized spacial score (nSPS) is 12.4. The minimum atomic E-state index is -0.0659. The first-order valence-corrected chi connectivity index (χ1v) is 5.46. The number of hydrogen-bond acceptors (Lipinski definition) is 4. The lowest BCUT2D eigenvalue weighted by atomic mass is 10.1. The number of phenolic OH excluding ortho intramolecular Hbond substituents is 1. The van der Waals surface area contributed by atoms with Crippen molar-refractivity contribution in [2.45, 2.75) is 19.9 Å². The van der Waals surface area contributed by atoms with E-state index in [0.29, 0.717) is 5.82 Å². The molecule has 0 aliphatic heterocycles. The van der Waals surface area contributed by atoms with Crippen molar-refractivity contribution in [3.05, 3.63) is 41.7 Å². The van der Waals surface area contributed by atoms with E-state index in [1.807, 2.05) is 13.8 Å². The van der Waals surface area contributed by atoms with Crippen molar-refractivity contribution >= 4 is 0 Å². The Hall–Kier alpha value is -1.94. The fourth-order valence-electron chi connectivity index (χ4n) is 1.67. The van der Waals surface area contributed by atoms with Crippen LogP contribution in [0.1, 0.15) is 24.2 Å². The first-order valence-electron chi connectivity index (χ1n) is 5.46. The number of nitrogens with two attached hydrogens (primary N) is 1. The average Bonchev–Trinajstić information content (AvgIpc) is 2.29. The fourth-order valence-corrected chi connectivity index (χ4v) is 1.67. The molecule has 0 spiro atoms. The predicted octanol–water partition coefficient (Wildman–Crippen LogP) is 2.18. The topological polar surface area (TPSA) is 72.0 Å². The average molecular weight is 229 g/mol. The van der Waals surface area contributed by atoms with Crippen molar-refractivity contribution in [1.29, 1.82) is 0 Å². The van der Waals surface area contributed by atoms with Crippen molar-refractivity contribution in [3.8, 4) is 17.1 Å². The van der Waals surface area contributed by atoms with E-state index in [-0.39, 0.29) is 11.8 Å². The Morgan fingerprint density at radius 2 is 1.88 bits per heavy atom. The van der Waals surface area contributed by atoms with Crippen LogP contribution in [0.15, 0.2) is 30.5 Å². The monoisotopic (exact) mass is 229 g/mol. The van der Waals surface area contributed by atoms with Crippen LogP contribution >= 0.6 is 0 Å². The van der Waals surface area contributed by atoms with Gasteiger partial charge < -0.3 is 10.8 Å². The summed E-state index contributed by atoms with van der Waals surface area (Å²) in [7, 11) is 0. The van der Waals surface area contributed by atoms with Gasteiger partial charge in [0.25, 0.3) is 0 Å². The van der Waals surface area contributed by atoms with Crippen molar-refractivity contribution in [2.24, 2.45) is 5.73 Å². The third kappa shape index (κ3) is 2.42. The van der Waals surface area contributed by atoms with Crippen molar-refractivity contribution < 1.29 is 5.11 Å². The maximum atomic E-state index is 9.22. The van der Waals surface area contributed by atoms with Gasteiger partial charge in [0.2, 0.25) is 0 Å². The number of aryl methyl sites for hydroxylation is 1. The first-order chi connectivity index (χ1) is 8.08. The standard InChI is InChI=1S/C13H15N3O/c1-8(14)12-7-15-13(16-9(12)2)10-3-5-11(17)6-4-10/h3-8,17H,14H2,1-2H3/t8-/m1/s1. The molecular formula is C13H15N3O. The van der Waals surface area contributed by atoms with Crippen LogP contribution in [0.4, 0.5) is 0 Å². The lowest BCUT2D eigenvalue weighted by molar-refractivity contribution is 0.475. The third-order valence-electron chi connectivity index (χ3n) is 2.63. The molecule has 1 heterocycles. The second kappa shape index (κ2) is 4.51. The molecule has 4 nitrogen and oxygen atoms in total. The number of nitrogens with zero attached hydrogens (tertiary/aromatic N) is 2. The lowest BCUT2D eigenvalue weighted by Crippen LogP contribution is -2.09. The van der Waals surface area contributed by atoms with E-state index in [0.717, 1.165) is 16.8 Å². The number of rotatable bonds is 2. The van der Waals surface area contributed by atoms with E-state index in [1.54, 1.807) is 30.5 Å². The molecule has 1 aromatic heterocycles. The Morgan fingerprint density at radius 1 is 1.24 bits per heavy atom. The van der Waals surface area contributed by atoms with Gasteiger partial charge in [-0.25, -0.2) is 9.97 Å². The lowest BCUT2D eigenvalue weighted by Gasteiger charge is -2.09. The molecule has 1 aromatic carbocycles. The van der Waals surface area contributed by atoms with E-state index in [4.69, 9.17) is 5.73 Å². The summed E-state index contributed by atoms with van der Waals surface area (Å²) < 4.78 is 0. The molecule has 0 unspecified atom stereocenters. The van der Waals surface area contributed by atoms with Crippen LogP contribution in [0.5, 0.6) is 5.75 Å². The smallest absolute Gasteiger partial charge is 0.159 e. The van der Waals surface area contributed by atoms with Gasteiger partial charge in [0.1, 0.15) is 5.75 Å². The zero-order valence-corrected chi connectivity index (χ0v) is 9.88. The summed E-state index contributed by atoms with van der Waals surface area (Å²) in [5, 5.41) is 9.22. The van der Waals surface area contributed by atoms with E-state index < -0.39 is 0 Å². The van der Waals surface area contributed by atoms with E-state index in [9.17, 15) is 5.11 Å². The summed E-state index contributed by atoms with van der Waals surface area (Å²) in [5.41, 5.74) is 8.53. The van der Waals surface area contributed by atoms with Gasteiger partial charge in [0, 0.05) is 29.1 Å². The minimum absolute atomic E-state index is 0.0659. The number of phenols is 1. The molecule has 4 heteroatoms. The van der Waals surface area contributed by atoms with Crippen molar-refractivity contribution in [3.63, 3.8) is 0 Å². The number of aromatic nitrogens is 2. The highest BCUT2D eigenvalue weighted by molar-refractivity contribution is 5.56. The van der Waals surface area contributed by atoms with Crippen LogP contribution in [0, 0.1) is 6.92 Å². The van der Waals surface area contributed by atoms with Crippen LogP contribution in [0.2, 0.25) is 0 Å². The highest BCUT2D eigenvalue weighted by Crippen LogP contribution is 2.20. The zero-order chi connectivity index (χ0) is 12.4. The quantitative estimate of drug-likeness (QED) is 0.827. The highest BCUT2D eigenvalue weighted by Gasteiger charge is 2.08. The van der Waals surface area contributed by atoms with Crippen LogP contribution in [0.3, 0.4) is 0 Å². The summed E-state index contributed by atoms with van der Waals surface area (Å²) in [6.07, 6.45) is 1.76. The Morgan fingerprint density at radius 3 is 2.41 bits per heavy atom. The van der Waals surface area contributed by atoms with Gasteiger partial charge in [-0.3, -0.25) is 0 Å². The van der Waals surface area contributed by atoms with Crippen molar-refractivity contribution in [2.75, 3.05) is 0 Å². The molecule has 0 aliphatic carbocycles. The Labute approximate surface area is 100 Å². The van der Waals surface area contributed by atoms with Gasteiger partial charge >= 0.3 is 0 Å². The summed E-state index contributed by atoms with van der Waals surface area (Å²) in [4.78, 5) is 8.71. The molecule has 0 bridgehead atoms. The Bertz CT molecular complexity index is 521. The molecule has 0 radical (unpaired) electrons. The Kier molecular flexibility index (Phi) is 3.06. The molecule has 1 atom stereocenters. The molecule has 2 aromatic rings. The maximum Gasteiger partial charge on any atom is 0.159 e. The zero-order valence-electron chi connectivity index (χ0n) is 9.88. The van der Waals surface area contributed by atoms with Crippen LogP contribution in [-0.2, 0) is 0 Å². The molecular weight excluding hydrogens is 214 g/mol. The fraction of sp³-hybridized carbons (Fsp3) is 0.231. The van der Waals surface area contributed by atoms with E-state index in [2.05, 4.69) is 9.97 Å². The third-order valence-corrected chi connectivity index (χ3v) is 2.63. The first kappa shape index (κ1) is 11.5. The largest absolute Gasteiger partial charge is 0.508 e. The molecule has 88 valence electrons. The summed E-state index contributed by atoms with van der Waals surface area (Å²) in [5.74, 6) is 0.879. The minimum Gasteiger partial charge on any atom is -0.508 e. The van der Waals surface area contributed by atoms with Gasteiger partial charge in [0.15, 0.2) is 5.82 Å². The molecule has 17 heavy (non-hydrogen) atoms. The van der Waals surface area contributed by atoms with Gasteiger partial charge in [-0.05, 0) is 38.1 Å². The van der Waals surface area contributed by atoms with Crippen molar-refractivity contribution in [1.82, 2.24) is 9.97 Å². The molecule has 3 N–H and O–H groups in total. The summed E-state index contributed by atoms with van der Waals surface area (Å²) in [6, 6.07) is 6.75. The number of hydrogen-bond donors (Lipinski definition) is 2. The summed E-state index contributed by atoms with van der Waals surface area (Å²) in [6.45, 7) is 3.83. The van der Waals surface area contributed by atoms with Gasteiger partial charge in [-0.2, -0.15) is 0 Å². The number of aromatic hydroxyl groups is 1. The molecule has 0 saturated heterocycles. The highest BCUT2D eigenvalue weighted by atomic mass is 16.3. The predicted molar refractivity (Wildman–Crippen MR) is 66.5 cm³/mol. The molecule has 0 fully saturated rings. The molecule has 0 saturated carbocycles. The van der Waals surface area contributed by atoms with E-state index >= 15 is 0 Å². The van der Waals surface area contributed by atoms with E-state index in [1.165, 1.54) is 0 Å². The molecule has 0 aliphatic rings. The molecule has 0 amide bonds. The SMILES string of the molecule is Cc1nc(-c2ccc(O)cc2)ncc1[C@@H](C)N. The van der Waals surface area contributed by atoms with Gasteiger partial charge in [-0.15, -0.1) is 0 Å². The second-order valence-corrected chi connectivity index (χ2v) is 4.07. The maximum absolute atomic E-state index is 9.22. The van der Waals surface area contributed by atoms with Gasteiger partial charge in [0.05, 0.1) is 0 Å². The van der Waals surface area contributed by atoms with Crippen LogP contribution < -0.4 is 5.73 Å². The molecule has 2 rings (SSSR count). The van der Waals surface area contributed by atoms with Crippen LogP contribution in [-0.4, -0.2) is 15.1 Å². The number of benzene rings is 1. The summed E-state index contributed by atoms with van der Waals surface area (Å²) >= 11 is 0. The van der Waals surface area contributed by atoms with Crippen LogP contribution in [0.25, 0.3) is 11.4 Å².